The summed E-state index contributed by atoms with van der Waals surface area (Å²) in [6, 6.07) is 12.3. The first-order chi connectivity index (χ1) is 12.0. The zero-order chi connectivity index (χ0) is 18.2. The van der Waals surface area contributed by atoms with Gasteiger partial charge < -0.3 is 10.1 Å². The lowest BCUT2D eigenvalue weighted by molar-refractivity contribution is -0.123. The first kappa shape index (κ1) is 18.1. The van der Waals surface area contributed by atoms with E-state index in [0.717, 1.165) is 11.3 Å². The van der Waals surface area contributed by atoms with Crippen LogP contribution in [-0.4, -0.2) is 36.0 Å². The standard InChI is InChI=1S/C18H19N3O4/c1-3-19-18(24)21-16(22)11-25-17(23)14-9-10-15(20-12(14)2)13-7-5-4-6-8-13/h4-10H,3,11H2,1-2H3,(H2,19,21,22,24). The van der Waals surface area contributed by atoms with Gasteiger partial charge in [0.05, 0.1) is 17.0 Å². The van der Waals surface area contributed by atoms with E-state index >= 15 is 0 Å². The number of carbonyl (C=O) groups excluding carboxylic acids is 3. The quantitative estimate of drug-likeness (QED) is 0.811. The maximum Gasteiger partial charge on any atom is 0.340 e. The van der Waals surface area contributed by atoms with Gasteiger partial charge in [-0.25, -0.2) is 9.59 Å². The Hall–Kier alpha value is -3.22. The lowest BCUT2D eigenvalue weighted by Gasteiger charge is -2.09. The van der Waals surface area contributed by atoms with E-state index in [-0.39, 0.29) is 5.56 Å². The van der Waals surface area contributed by atoms with E-state index in [2.05, 4.69) is 15.6 Å². The molecule has 0 spiro atoms. The average Bonchev–Trinajstić information content (AvgIpc) is 2.60. The van der Waals surface area contributed by atoms with E-state index in [9.17, 15) is 14.4 Å². The smallest absolute Gasteiger partial charge is 0.340 e. The molecule has 0 fully saturated rings. The van der Waals surface area contributed by atoms with Gasteiger partial charge >= 0.3 is 12.0 Å². The maximum absolute atomic E-state index is 12.1. The molecule has 130 valence electrons. The van der Waals surface area contributed by atoms with Crippen molar-refractivity contribution >= 4 is 17.9 Å². The van der Waals surface area contributed by atoms with E-state index in [1.54, 1.807) is 26.0 Å². The topological polar surface area (TPSA) is 97.4 Å². The lowest BCUT2D eigenvalue weighted by Crippen LogP contribution is -2.41. The Morgan fingerprint density at radius 2 is 1.80 bits per heavy atom. The van der Waals surface area contributed by atoms with Crippen molar-refractivity contribution in [3.8, 4) is 11.3 Å². The highest BCUT2D eigenvalue weighted by molar-refractivity contribution is 5.97. The molecule has 2 aromatic rings. The first-order valence-electron chi connectivity index (χ1n) is 7.79. The van der Waals surface area contributed by atoms with Crippen molar-refractivity contribution in [2.45, 2.75) is 13.8 Å². The number of aryl methyl sites for hydroxylation is 1. The predicted molar refractivity (Wildman–Crippen MR) is 91.9 cm³/mol. The maximum atomic E-state index is 12.1. The Labute approximate surface area is 145 Å². The van der Waals surface area contributed by atoms with E-state index < -0.39 is 24.5 Å². The number of pyridine rings is 1. The molecule has 0 saturated heterocycles. The number of ether oxygens (including phenoxy) is 1. The van der Waals surface area contributed by atoms with Crippen LogP contribution < -0.4 is 10.6 Å². The summed E-state index contributed by atoms with van der Waals surface area (Å²) < 4.78 is 4.92. The Morgan fingerprint density at radius 3 is 2.44 bits per heavy atom. The Morgan fingerprint density at radius 1 is 1.08 bits per heavy atom. The van der Waals surface area contributed by atoms with E-state index in [0.29, 0.717) is 12.2 Å². The summed E-state index contributed by atoms with van der Waals surface area (Å²) in [6.07, 6.45) is 0. The van der Waals surface area contributed by atoms with Gasteiger partial charge in [0.25, 0.3) is 5.91 Å². The summed E-state index contributed by atoms with van der Waals surface area (Å²) >= 11 is 0. The number of amides is 3. The van der Waals surface area contributed by atoms with E-state index in [1.807, 2.05) is 30.3 Å². The van der Waals surface area contributed by atoms with Crippen LogP contribution in [0.15, 0.2) is 42.5 Å². The summed E-state index contributed by atoms with van der Waals surface area (Å²) in [4.78, 5) is 39.2. The normalized spacial score (nSPS) is 10.0. The van der Waals surface area contributed by atoms with Gasteiger partial charge in [-0.05, 0) is 26.0 Å². The SMILES string of the molecule is CCNC(=O)NC(=O)COC(=O)c1ccc(-c2ccccc2)nc1C. The molecule has 1 aromatic heterocycles. The van der Waals surface area contributed by atoms with Crippen LogP contribution in [0.4, 0.5) is 4.79 Å². The van der Waals surface area contributed by atoms with Gasteiger partial charge in [-0.1, -0.05) is 30.3 Å². The molecular weight excluding hydrogens is 322 g/mol. The Balaban J connectivity index is 1.98. The van der Waals surface area contributed by atoms with Gasteiger partial charge in [0.15, 0.2) is 6.61 Å². The molecule has 3 amide bonds. The molecule has 7 heteroatoms. The molecule has 25 heavy (non-hydrogen) atoms. The number of nitrogens with one attached hydrogen (secondary N) is 2. The minimum atomic E-state index is -0.703. The number of carbonyl (C=O) groups is 3. The van der Waals surface area contributed by atoms with Crippen molar-refractivity contribution in [1.29, 1.82) is 0 Å². The van der Waals surface area contributed by atoms with Gasteiger partial charge in [0, 0.05) is 12.1 Å². The Bertz CT molecular complexity index is 775. The second kappa shape index (κ2) is 8.58. The fraction of sp³-hybridized carbons (Fsp3) is 0.222. The second-order valence-corrected chi connectivity index (χ2v) is 5.18. The highest BCUT2D eigenvalue weighted by Crippen LogP contribution is 2.18. The van der Waals surface area contributed by atoms with Crippen molar-refractivity contribution < 1.29 is 19.1 Å². The van der Waals surface area contributed by atoms with Crippen molar-refractivity contribution in [3.63, 3.8) is 0 Å². The van der Waals surface area contributed by atoms with Crippen LogP contribution in [0.3, 0.4) is 0 Å². The number of hydrogen-bond donors (Lipinski definition) is 2. The van der Waals surface area contributed by atoms with Gasteiger partial charge in [-0.2, -0.15) is 0 Å². The fourth-order valence-electron chi connectivity index (χ4n) is 2.12. The van der Waals surface area contributed by atoms with Crippen molar-refractivity contribution in [1.82, 2.24) is 15.6 Å². The average molecular weight is 341 g/mol. The number of aromatic nitrogens is 1. The second-order valence-electron chi connectivity index (χ2n) is 5.18. The van der Waals surface area contributed by atoms with Crippen molar-refractivity contribution in [2.75, 3.05) is 13.2 Å². The van der Waals surface area contributed by atoms with Crippen molar-refractivity contribution in [3.05, 3.63) is 53.7 Å². The van der Waals surface area contributed by atoms with E-state index in [4.69, 9.17) is 4.74 Å². The molecular formula is C18H19N3O4. The zero-order valence-electron chi connectivity index (χ0n) is 14.0. The fourth-order valence-corrected chi connectivity index (χ4v) is 2.12. The molecule has 0 aliphatic carbocycles. The number of rotatable bonds is 5. The van der Waals surface area contributed by atoms with Gasteiger partial charge in [0.1, 0.15) is 0 Å². The van der Waals surface area contributed by atoms with Gasteiger partial charge in [-0.15, -0.1) is 0 Å². The molecule has 0 aliphatic rings. The number of nitrogens with zero attached hydrogens (tertiary/aromatic N) is 1. The molecule has 0 atom stereocenters. The van der Waals surface area contributed by atoms with Crippen molar-refractivity contribution in [2.24, 2.45) is 0 Å². The van der Waals surface area contributed by atoms with Crippen LogP contribution in [0.1, 0.15) is 23.0 Å². The predicted octanol–water partition coefficient (Wildman–Crippen LogP) is 2.06. The number of esters is 1. The minimum Gasteiger partial charge on any atom is -0.452 e. The molecule has 2 rings (SSSR count). The first-order valence-corrected chi connectivity index (χ1v) is 7.79. The monoisotopic (exact) mass is 341 g/mol. The molecule has 1 aromatic carbocycles. The van der Waals surface area contributed by atoms with Crippen LogP contribution in [0, 0.1) is 6.92 Å². The largest absolute Gasteiger partial charge is 0.452 e. The number of benzene rings is 1. The lowest BCUT2D eigenvalue weighted by atomic mass is 10.1. The van der Waals surface area contributed by atoms with Crippen LogP contribution in [0.5, 0.6) is 0 Å². The molecule has 1 heterocycles. The number of urea groups is 1. The molecule has 0 unspecified atom stereocenters. The summed E-state index contributed by atoms with van der Waals surface area (Å²) in [5.74, 6) is -1.37. The van der Waals surface area contributed by atoms with Crippen LogP contribution in [-0.2, 0) is 9.53 Å². The van der Waals surface area contributed by atoms with Crippen LogP contribution in [0.2, 0.25) is 0 Å². The Kier molecular flexibility index (Phi) is 6.22. The summed E-state index contributed by atoms with van der Waals surface area (Å²) in [5, 5.41) is 4.46. The van der Waals surface area contributed by atoms with Gasteiger partial charge in [0.2, 0.25) is 0 Å². The molecule has 7 nitrogen and oxygen atoms in total. The summed E-state index contributed by atoms with van der Waals surface area (Å²) in [5.41, 5.74) is 2.44. The minimum absolute atomic E-state index is 0.269. The van der Waals surface area contributed by atoms with Crippen LogP contribution in [0.25, 0.3) is 11.3 Å². The molecule has 0 aliphatic heterocycles. The molecule has 2 N–H and O–H groups in total. The van der Waals surface area contributed by atoms with Crippen LogP contribution >= 0.6 is 0 Å². The molecule has 0 radical (unpaired) electrons. The molecule has 0 saturated carbocycles. The highest BCUT2D eigenvalue weighted by atomic mass is 16.5. The highest BCUT2D eigenvalue weighted by Gasteiger charge is 2.15. The van der Waals surface area contributed by atoms with E-state index in [1.165, 1.54) is 0 Å². The zero-order valence-corrected chi connectivity index (χ0v) is 14.0. The third kappa shape index (κ3) is 5.13. The summed E-state index contributed by atoms with van der Waals surface area (Å²) in [7, 11) is 0. The number of hydrogen-bond acceptors (Lipinski definition) is 5. The molecule has 0 bridgehead atoms. The van der Waals surface area contributed by atoms with Gasteiger partial charge in [-0.3, -0.25) is 15.1 Å². The summed E-state index contributed by atoms with van der Waals surface area (Å²) in [6.45, 7) is 3.25. The third-order valence-electron chi connectivity index (χ3n) is 3.30. The number of imide groups is 1. The third-order valence-corrected chi connectivity index (χ3v) is 3.30.